The maximum absolute atomic E-state index is 12.8. The smallest absolute Gasteiger partial charge is 0.337 e. The van der Waals surface area contributed by atoms with Crippen LogP contribution in [0.5, 0.6) is 0 Å². The molecule has 7 heteroatoms. The summed E-state index contributed by atoms with van der Waals surface area (Å²) in [5, 5.41) is 2.86. The minimum Gasteiger partial charge on any atom is -0.465 e. The van der Waals surface area contributed by atoms with Crippen molar-refractivity contribution < 1.29 is 23.9 Å². The van der Waals surface area contributed by atoms with Crippen LogP contribution in [0.15, 0.2) is 18.2 Å². The van der Waals surface area contributed by atoms with Crippen molar-refractivity contribution in [2.24, 2.45) is 23.5 Å². The second-order valence-electron chi connectivity index (χ2n) is 7.47. The van der Waals surface area contributed by atoms with Gasteiger partial charge in [-0.15, -0.1) is 0 Å². The molecule has 27 heavy (non-hydrogen) atoms. The molecule has 0 heterocycles. The molecule has 1 aromatic rings. The van der Waals surface area contributed by atoms with Crippen molar-refractivity contribution in [3.05, 3.63) is 29.3 Å². The predicted molar refractivity (Wildman–Crippen MR) is 99.3 cm³/mol. The average molecular weight is 374 g/mol. The lowest BCUT2D eigenvalue weighted by atomic mass is 9.65. The molecule has 2 saturated carbocycles. The molecule has 2 aliphatic rings. The molecular weight excluding hydrogens is 348 g/mol. The van der Waals surface area contributed by atoms with Gasteiger partial charge in [0.15, 0.2) is 0 Å². The molecule has 0 aliphatic heterocycles. The topological polar surface area (TPSA) is 108 Å². The van der Waals surface area contributed by atoms with Crippen LogP contribution < -0.4 is 11.1 Å². The van der Waals surface area contributed by atoms with Crippen molar-refractivity contribution in [2.45, 2.75) is 38.1 Å². The molecule has 0 saturated heterocycles. The van der Waals surface area contributed by atoms with Gasteiger partial charge in [0.25, 0.3) is 0 Å². The van der Waals surface area contributed by atoms with Gasteiger partial charge in [-0.05, 0) is 55.7 Å². The third-order valence-corrected chi connectivity index (χ3v) is 5.83. The van der Waals surface area contributed by atoms with E-state index in [1.54, 1.807) is 0 Å². The van der Waals surface area contributed by atoms with Gasteiger partial charge in [0.2, 0.25) is 5.91 Å². The summed E-state index contributed by atoms with van der Waals surface area (Å²) in [7, 11) is 2.52. The highest BCUT2D eigenvalue weighted by molar-refractivity contribution is 6.00. The first kappa shape index (κ1) is 19.4. The van der Waals surface area contributed by atoms with Crippen molar-refractivity contribution >= 4 is 23.5 Å². The molecule has 2 atom stereocenters. The van der Waals surface area contributed by atoms with Crippen LogP contribution in [0.3, 0.4) is 0 Å². The zero-order valence-electron chi connectivity index (χ0n) is 15.7. The number of rotatable bonds is 4. The summed E-state index contributed by atoms with van der Waals surface area (Å²) in [6.45, 7) is 0. The van der Waals surface area contributed by atoms with Crippen LogP contribution in [-0.4, -0.2) is 38.1 Å². The van der Waals surface area contributed by atoms with Crippen LogP contribution >= 0.6 is 0 Å². The zero-order valence-corrected chi connectivity index (χ0v) is 15.7. The predicted octanol–water partition coefficient (Wildman–Crippen LogP) is 2.35. The van der Waals surface area contributed by atoms with Gasteiger partial charge in [0, 0.05) is 17.6 Å². The normalized spacial score (nSPS) is 26.8. The van der Waals surface area contributed by atoms with E-state index in [0.29, 0.717) is 17.5 Å². The number of carbonyl (C=O) groups is 3. The van der Waals surface area contributed by atoms with Crippen molar-refractivity contribution in [1.29, 1.82) is 0 Å². The van der Waals surface area contributed by atoms with E-state index in [-0.39, 0.29) is 29.0 Å². The van der Waals surface area contributed by atoms with Crippen LogP contribution in [0.4, 0.5) is 5.69 Å². The lowest BCUT2D eigenvalue weighted by Gasteiger charge is -2.43. The molecule has 2 unspecified atom stereocenters. The summed E-state index contributed by atoms with van der Waals surface area (Å²) < 4.78 is 9.45. The van der Waals surface area contributed by atoms with Gasteiger partial charge in [-0.25, -0.2) is 9.59 Å². The Hall–Kier alpha value is -2.41. The molecular formula is C20H26N2O5. The number of nitrogens with one attached hydrogen (secondary N) is 1. The van der Waals surface area contributed by atoms with Gasteiger partial charge in [0.1, 0.15) is 0 Å². The SMILES string of the molecule is COC(=O)c1cc(NC(=O)C2CC3CCCC(C2)C3N)cc(C(=O)OC)c1. The highest BCUT2D eigenvalue weighted by Crippen LogP contribution is 2.42. The first-order chi connectivity index (χ1) is 12.9. The van der Waals surface area contributed by atoms with Crippen molar-refractivity contribution in [2.75, 3.05) is 19.5 Å². The van der Waals surface area contributed by atoms with E-state index in [9.17, 15) is 14.4 Å². The van der Waals surface area contributed by atoms with Gasteiger partial charge in [0.05, 0.1) is 25.3 Å². The van der Waals surface area contributed by atoms with Gasteiger partial charge in [-0.3, -0.25) is 4.79 Å². The van der Waals surface area contributed by atoms with Crippen LogP contribution in [0, 0.1) is 17.8 Å². The number of nitrogens with two attached hydrogens (primary N) is 1. The standard InChI is InChI=1S/C20H26N2O5/c1-26-19(24)14-8-15(20(25)27-2)10-16(9-14)22-18(23)13-6-11-4-3-5-12(7-13)17(11)21/h8-13,17H,3-7,21H2,1-2H3,(H,22,23). The van der Waals surface area contributed by atoms with Crippen molar-refractivity contribution in [3.63, 3.8) is 0 Å². The summed E-state index contributed by atoms with van der Waals surface area (Å²) in [6, 6.07) is 4.59. The van der Waals surface area contributed by atoms with Crippen molar-refractivity contribution in [3.8, 4) is 0 Å². The number of carbonyl (C=O) groups excluding carboxylic acids is 3. The molecule has 3 N–H and O–H groups in total. The second kappa shape index (κ2) is 8.08. The minimum absolute atomic E-state index is 0.100. The molecule has 146 valence electrons. The maximum Gasteiger partial charge on any atom is 0.337 e. The first-order valence-electron chi connectivity index (χ1n) is 9.31. The quantitative estimate of drug-likeness (QED) is 0.783. The number of methoxy groups -OCH3 is 2. The molecule has 0 spiro atoms. The number of amides is 1. The second-order valence-corrected chi connectivity index (χ2v) is 7.47. The number of hydrogen-bond acceptors (Lipinski definition) is 6. The third-order valence-electron chi connectivity index (χ3n) is 5.83. The molecule has 7 nitrogen and oxygen atoms in total. The summed E-state index contributed by atoms with van der Waals surface area (Å²) in [5.74, 6) is -0.607. The molecule has 2 fully saturated rings. The van der Waals surface area contributed by atoms with Crippen LogP contribution in [0.1, 0.15) is 52.8 Å². The van der Waals surface area contributed by atoms with E-state index in [2.05, 4.69) is 5.32 Å². The van der Waals surface area contributed by atoms with E-state index in [0.717, 1.165) is 25.7 Å². The Morgan fingerprint density at radius 1 is 0.963 bits per heavy atom. The number of esters is 2. The van der Waals surface area contributed by atoms with Crippen molar-refractivity contribution in [1.82, 2.24) is 0 Å². The fraction of sp³-hybridized carbons (Fsp3) is 0.550. The summed E-state index contributed by atoms with van der Waals surface area (Å²) in [5.41, 5.74) is 7.04. The van der Waals surface area contributed by atoms with Crippen LogP contribution in [0.25, 0.3) is 0 Å². The Kier molecular flexibility index (Phi) is 5.79. The molecule has 0 radical (unpaired) electrons. The van der Waals surface area contributed by atoms with Crippen LogP contribution in [0.2, 0.25) is 0 Å². The molecule has 2 aliphatic carbocycles. The average Bonchev–Trinajstić information content (AvgIpc) is 2.66. The lowest BCUT2D eigenvalue weighted by molar-refractivity contribution is -0.122. The third kappa shape index (κ3) is 4.13. The fourth-order valence-corrected chi connectivity index (χ4v) is 4.42. The number of benzene rings is 1. The highest BCUT2D eigenvalue weighted by atomic mass is 16.5. The Morgan fingerprint density at radius 3 is 1.96 bits per heavy atom. The zero-order chi connectivity index (χ0) is 19.6. The molecule has 1 aromatic carbocycles. The number of hydrogen-bond donors (Lipinski definition) is 2. The summed E-state index contributed by atoms with van der Waals surface area (Å²) in [6.07, 6.45) is 4.90. The van der Waals surface area contributed by atoms with E-state index in [4.69, 9.17) is 15.2 Å². The fourth-order valence-electron chi connectivity index (χ4n) is 4.42. The number of ether oxygens (including phenoxy) is 2. The monoisotopic (exact) mass is 374 g/mol. The Labute approximate surface area is 158 Å². The number of anilines is 1. The molecule has 3 rings (SSSR count). The number of fused-ring (bicyclic) bond motifs is 2. The minimum atomic E-state index is -0.588. The first-order valence-corrected chi connectivity index (χ1v) is 9.31. The Bertz CT molecular complexity index is 700. The van der Waals surface area contributed by atoms with Gasteiger partial charge < -0.3 is 20.5 Å². The largest absolute Gasteiger partial charge is 0.465 e. The van der Waals surface area contributed by atoms with Crippen LogP contribution in [-0.2, 0) is 14.3 Å². The lowest BCUT2D eigenvalue weighted by Crippen LogP contribution is -2.48. The van der Waals surface area contributed by atoms with E-state index < -0.39 is 11.9 Å². The van der Waals surface area contributed by atoms with Gasteiger partial charge in [-0.1, -0.05) is 6.42 Å². The summed E-state index contributed by atoms with van der Waals surface area (Å²) >= 11 is 0. The van der Waals surface area contributed by atoms with Gasteiger partial charge in [-0.2, -0.15) is 0 Å². The highest BCUT2D eigenvalue weighted by Gasteiger charge is 2.40. The molecule has 0 aromatic heterocycles. The Morgan fingerprint density at radius 2 is 1.48 bits per heavy atom. The maximum atomic E-state index is 12.8. The van der Waals surface area contributed by atoms with E-state index in [1.807, 2.05) is 0 Å². The van der Waals surface area contributed by atoms with Gasteiger partial charge >= 0.3 is 11.9 Å². The molecule has 1 amide bonds. The summed E-state index contributed by atoms with van der Waals surface area (Å²) in [4.78, 5) is 36.6. The van der Waals surface area contributed by atoms with E-state index >= 15 is 0 Å². The Balaban J connectivity index is 1.78. The van der Waals surface area contributed by atoms with E-state index in [1.165, 1.54) is 38.8 Å². The molecule has 2 bridgehead atoms.